The largest absolute Gasteiger partial charge is 0.488 e. The highest BCUT2D eigenvalue weighted by Gasteiger charge is 2.37. The van der Waals surface area contributed by atoms with Crippen LogP contribution < -0.4 is 5.46 Å². The molecule has 0 spiro atoms. The molecule has 152 valence electrons. The van der Waals surface area contributed by atoms with E-state index >= 15 is 0 Å². The summed E-state index contributed by atoms with van der Waals surface area (Å²) in [4.78, 5) is 0. The summed E-state index contributed by atoms with van der Waals surface area (Å²) in [6.07, 6.45) is 23.5. The van der Waals surface area contributed by atoms with Crippen molar-refractivity contribution in [3.8, 4) is 0 Å². The van der Waals surface area contributed by atoms with Gasteiger partial charge in [-0.3, -0.25) is 0 Å². The first kappa shape index (κ1) is 18.9. The van der Waals surface area contributed by atoms with Crippen molar-refractivity contribution < 1.29 is 10.0 Å². The Morgan fingerprint density at radius 3 is 2.58 bits per heavy atom. The van der Waals surface area contributed by atoms with Gasteiger partial charge in [-0.2, -0.15) is 0 Å². The fourth-order valence-corrected chi connectivity index (χ4v) is 5.79. The van der Waals surface area contributed by atoms with E-state index in [9.17, 15) is 10.0 Å². The van der Waals surface area contributed by atoms with Gasteiger partial charge in [0.05, 0.1) is 0 Å². The molecule has 0 bridgehead atoms. The minimum atomic E-state index is -1.44. The van der Waals surface area contributed by atoms with Gasteiger partial charge in [0, 0.05) is 17.8 Å². The number of rotatable bonds is 2. The summed E-state index contributed by atoms with van der Waals surface area (Å²) in [7, 11) is -1.44. The average molecular weight is 404 g/mol. The van der Waals surface area contributed by atoms with Gasteiger partial charge in [-0.05, 0) is 57.3 Å². The van der Waals surface area contributed by atoms with Crippen LogP contribution in [-0.4, -0.2) is 17.2 Å². The van der Waals surface area contributed by atoms with Crippen LogP contribution in [0.2, 0.25) is 0 Å². The summed E-state index contributed by atoms with van der Waals surface area (Å²) in [6, 6.07) is 12.2. The number of allylic oxidation sites excluding steroid dienone is 12. The molecule has 4 aliphatic carbocycles. The van der Waals surface area contributed by atoms with Crippen molar-refractivity contribution >= 4 is 23.4 Å². The Hall–Kier alpha value is -2.88. The molecule has 0 saturated carbocycles. The van der Waals surface area contributed by atoms with Crippen molar-refractivity contribution in [2.45, 2.75) is 18.8 Å². The van der Waals surface area contributed by atoms with Gasteiger partial charge in [-0.25, -0.2) is 0 Å². The summed E-state index contributed by atoms with van der Waals surface area (Å²) < 4.78 is 0. The molecule has 2 nitrogen and oxygen atoms in total. The normalized spacial score (nSPS) is 28.3. The molecule has 0 aliphatic heterocycles. The van der Waals surface area contributed by atoms with Crippen molar-refractivity contribution in [2.24, 2.45) is 17.8 Å². The van der Waals surface area contributed by atoms with Crippen LogP contribution in [0.1, 0.15) is 24.3 Å². The molecule has 0 saturated heterocycles. The maximum Gasteiger partial charge on any atom is 0.488 e. The highest BCUT2D eigenvalue weighted by Crippen LogP contribution is 2.50. The monoisotopic (exact) mass is 404 g/mol. The fourth-order valence-electron chi connectivity index (χ4n) is 5.79. The fraction of sp³-hybridized carbons (Fsp3) is 0.214. The summed E-state index contributed by atoms with van der Waals surface area (Å²) in [5.41, 5.74) is 6.19. The second-order valence-electron chi connectivity index (χ2n) is 9.08. The first-order valence-electron chi connectivity index (χ1n) is 11.2. The van der Waals surface area contributed by atoms with E-state index in [4.69, 9.17) is 0 Å². The second-order valence-corrected chi connectivity index (χ2v) is 9.08. The Morgan fingerprint density at radius 1 is 0.806 bits per heavy atom. The van der Waals surface area contributed by atoms with Gasteiger partial charge in [0.1, 0.15) is 0 Å². The lowest BCUT2D eigenvalue weighted by atomic mass is 9.64. The van der Waals surface area contributed by atoms with Crippen LogP contribution >= 0.6 is 0 Å². The maximum atomic E-state index is 9.48. The first-order valence-corrected chi connectivity index (χ1v) is 11.2. The lowest BCUT2D eigenvalue weighted by Gasteiger charge is -2.40. The van der Waals surface area contributed by atoms with Gasteiger partial charge >= 0.3 is 7.12 Å². The maximum absolute atomic E-state index is 9.48. The summed E-state index contributed by atoms with van der Waals surface area (Å²) >= 11 is 0. The molecule has 2 N–H and O–H groups in total. The molecule has 0 radical (unpaired) electrons. The predicted molar refractivity (Wildman–Crippen MR) is 128 cm³/mol. The molecule has 31 heavy (non-hydrogen) atoms. The molecule has 6 rings (SSSR count). The number of fused-ring (bicyclic) bond motifs is 5. The van der Waals surface area contributed by atoms with Gasteiger partial charge in [0.15, 0.2) is 0 Å². The molecule has 0 fully saturated rings. The van der Waals surface area contributed by atoms with E-state index in [0.29, 0.717) is 23.2 Å². The van der Waals surface area contributed by atoms with E-state index in [0.717, 1.165) is 10.8 Å². The molecule has 3 heteroatoms. The second kappa shape index (κ2) is 7.37. The smallest absolute Gasteiger partial charge is 0.423 e. The lowest BCUT2D eigenvalue weighted by Crippen LogP contribution is -2.29. The third-order valence-electron chi connectivity index (χ3n) is 7.33. The molecular weight excluding hydrogens is 379 g/mol. The molecular formula is C28H25BO2. The molecule has 4 unspecified atom stereocenters. The summed E-state index contributed by atoms with van der Waals surface area (Å²) in [6.45, 7) is 0. The molecule has 2 aromatic rings. The van der Waals surface area contributed by atoms with E-state index in [2.05, 4.69) is 72.9 Å². The number of hydrogen-bond donors (Lipinski definition) is 2. The zero-order chi connectivity index (χ0) is 20.9. The summed E-state index contributed by atoms with van der Waals surface area (Å²) in [5, 5.41) is 21.1. The molecule has 4 aliphatic rings. The van der Waals surface area contributed by atoms with Crippen LogP contribution in [0, 0.1) is 17.8 Å². The zero-order valence-electron chi connectivity index (χ0n) is 17.4. The van der Waals surface area contributed by atoms with Crippen LogP contribution in [0.15, 0.2) is 108 Å². The topological polar surface area (TPSA) is 40.5 Å². The molecule has 2 aromatic carbocycles. The van der Waals surface area contributed by atoms with E-state index in [1.54, 1.807) is 6.07 Å². The van der Waals surface area contributed by atoms with Crippen molar-refractivity contribution in [3.63, 3.8) is 0 Å². The van der Waals surface area contributed by atoms with Gasteiger partial charge in [-0.15, -0.1) is 0 Å². The van der Waals surface area contributed by atoms with Crippen LogP contribution in [0.3, 0.4) is 0 Å². The van der Waals surface area contributed by atoms with Crippen LogP contribution in [0.4, 0.5) is 0 Å². The highest BCUT2D eigenvalue weighted by molar-refractivity contribution is 6.58. The van der Waals surface area contributed by atoms with Gasteiger partial charge < -0.3 is 10.0 Å². The standard InChI is InChI=1S/C28H25BO2/c30-29(31)23-14-13-19-15-21(11-10-20(19)16-23)27-17-22-12-9-18-5-1-2-6-24(18)28(22)26-8-4-3-7-25(26)27/h2-4,6-18,24-25,27,30-31H,1,5H2. The lowest BCUT2D eigenvalue weighted by molar-refractivity contribution is 0.426. The average Bonchev–Trinajstić information content (AvgIpc) is 2.82. The number of hydrogen-bond acceptors (Lipinski definition) is 2. The van der Waals surface area contributed by atoms with Crippen molar-refractivity contribution in [2.75, 3.05) is 0 Å². The predicted octanol–water partition coefficient (Wildman–Crippen LogP) is 4.73. The van der Waals surface area contributed by atoms with E-state index in [1.165, 1.54) is 35.1 Å². The van der Waals surface area contributed by atoms with E-state index < -0.39 is 7.12 Å². The van der Waals surface area contributed by atoms with Gasteiger partial charge in [-0.1, -0.05) is 91.1 Å². The Labute approximate surface area is 183 Å². The first-order chi connectivity index (χ1) is 15.2. The zero-order valence-corrected chi connectivity index (χ0v) is 17.4. The van der Waals surface area contributed by atoms with Crippen molar-refractivity contribution in [1.29, 1.82) is 0 Å². The summed E-state index contributed by atoms with van der Waals surface area (Å²) in [5.74, 6) is 1.76. The Bertz CT molecular complexity index is 1240. The highest BCUT2D eigenvalue weighted by atomic mass is 16.4. The van der Waals surface area contributed by atoms with E-state index in [1.807, 2.05) is 12.1 Å². The third-order valence-corrected chi connectivity index (χ3v) is 7.33. The minimum Gasteiger partial charge on any atom is -0.423 e. The van der Waals surface area contributed by atoms with Gasteiger partial charge in [0.2, 0.25) is 0 Å². The molecule has 4 atom stereocenters. The molecule has 0 amide bonds. The van der Waals surface area contributed by atoms with E-state index in [-0.39, 0.29) is 5.92 Å². The molecule has 0 heterocycles. The van der Waals surface area contributed by atoms with Crippen molar-refractivity contribution in [3.05, 3.63) is 113 Å². The third kappa shape index (κ3) is 3.12. The van der Waals surface area contributed by atoms with Crippen LogP contribution in [0.25, 0.3) is 10.8 Å². The Morgan fingerprint density at radius 2 is 1.68 bits per heavy atom. The molecule has 0 aromatic heterocycles. The van der Waals surface area contributed by atoms with Crippen LogP contribution in [-0.2, 0) is 0 Å². The number of benzene rings is 2. The Kier molecular flexibility index (Phi) is 4.48. The Balaban J connectivity index is 1.45. The van der Waals surface area contributed by atoms with Gasteiger partial charge in [0.25, 0.3) is 0 Å². The van der Waals surface area contributed by atoms with Crippen molar-refractivity contribution in [1.82, 2.24) is 0 Å². The minimum absolute atomic E-state index is 0.288. The SMILES string of the molecule is OB(O)c1ccc2cc(C3C=C4C=CC5CCC=CC5C4=C4C=CC=CC43)ccc2c1. The van der Waals surface area contributed by atoms with Crippen LogP contribution in [0.5, 0.6) is 0 Å². The quantitative estimate of drug-likeness (QED) is 0.561.